The number of morpholine rings is 1. The van der Waals surface area contributed by atoms with Crippen LogP contribution in [-0.4, -0.2) is 173 Å². The molecule has 1 aromatic carbocycles. The molecule has 4 aromatic rings. The lowest BCUT2D eigenvalue weighted by atomic mass is 9.84. The van der Waals surface area contributed by atoms with Crippen molar-refractivity contribution in [1.82, 2.24) is 50.3 Å². The van der Waals surface area contributed by atoms with Crippen molar-refractivity contribution in [2.45, 2.75) is 149 Å². The number of rotatable bonds is 10. The average Bonchev–Trinajstić information content (AvgIpc) is 4.45. The Labute approximate surface area is 458 Å². The summed E-state index contributed by atoms with van der Waals surface area (Å²) in [5, 5.41) is 12.2. The highest BCUT2D eigenvalue weighted by molar-refractivity contribution is 7.10. The van der Waals surface area contributed by atoms with Gasteiger partial charge < -0.3 is 29.2 Å². The van der Waals surface area contributed by atoms with Gasteiger partial charge in [0, 0.05) is 110 Å². The van der Waals surface area contributed by atoms with E-state index in [9.17, 15) is 19.2 Å². The molecule has 10 heterocycles. The highest BCUT2D eigenvalue weighted by atomic mass is 32.1. The molecule has 7 fully saturated rings. The Morgan fingerprint density at radius 3 is 2.61 bits per heavy atom. The first kappa shape index (κ1) is 52.7. The summed E-state index contributed by atoms with van der Waals surface area (Å²) >= 11 is 1.50. The van der Waals surface area contributed by atoms with Gasteiger partial charge in [-0.1, -0.05) is 47.6 Å². The smallest absolute Gasteiger partial charge is 0.324 e. The maximum atomic E-state index is 14.9. The summed E-state index contributed by atoms with van der Waals surface area (Å²) in [6, 6.07) is 7.53. The van der Waals surface area contributed by atoms with E-state index in [0.717, 1.165) is 135 Å². The number of carbonyl (C=O) groups excluding carboxylic acids is 4. The van der Waals surface area contributed by atoms with E-state index < -0.39 is 29.5 Å². The number of hydrogen-bond acceptors (Lipinski definition) is 14. The number of nitrogens with one attached hydrogen (secondary N) is 3. The number of nitrogens with zero attached hydrogens (tertiary/aromatic N) is 8. The predicted octanol–water partition coefficient (Wildman–Crippen LogP) is 5.84. The van der Waals surface area contributed by atoms with E-state index in [2.05, 4.69) is 125 Å². The zero-order valence-electron chi connectivity index (χ0n) is 46.4. The lowest BCUT2D eigenvalue weighted by Crippen LogP contribution is -2.62. The molecule has 3 N–H and O–H groups in total. The normalized spacial score (nSPS) is 28.6. The number of hydrogen-bond donors (Lipinski definition) is 3. The number of anilines is 1. The van der Waals surface area contributed by atoms with Gasteiger partial charge in [0.25, 0.3) is 5.91 Å². The van der Waals surface area contributed by atoms with E-state index in [-0.39, 0.29) is 54.0 Å². The van der Waals surface area contributed by atoms with Crippen LogP contribution in [0.4, 0.5) is 5.69 Å². The van der Waals surface area contributed by atoms with Crippen LogP contribution in [-0.2, 0) is 48.0 Å². The molecule has 0 radical (unpaired) electrons. The maximum Gasteiger partial charge on any atom is 0.324 e. The Morgan fingerprint density at radius 2 is 1.82 bits per heavy atom. The molecule has 12 rings (SSSR count). The Hall–Kier alpha value is -4.98. The first-order chi connectivity index (χ1) is 37.1. The number of hydrazine groups is 1. The number of piperazine rings is 1. The zero-order valence-corrected chi connectivity index (χ0v) is 47.3. The van der Waals surface area contributed by atoms with Crippen molar-refractivity contribution in [3.05, 3.63) is 52.1 Å². The molecule has 1 spiro atoms. The Bertz CT molecular complexity index is 2910. The molecular weight excluding hydrogens is 991 g/mol. The molecule has 3 aromatic heterocycles. The van der Waals surface area contributed by atoms with Gasteiger partial charge in [0.05, 0.1) is 65.9 Å². The van der Waals surface area contributed by atoms with Crippen LogP contribution in [0.3, 0.4) is 0 Å². The summed E-state index contributed by atoms with van der Waals surface area (Å²) in [6.45, 7) is 24.7. The number of amides is 3. The number of cyclic esters (lactones) is 1. The molecule has 7 aliphatic heterocycles. The molecule has 3 amide bonds. The molecule has 17 nitrogen and oxygen atoms in total. The second-order valence-electron chi connectivity index (χ2n) is 25.4. The number of pyridine rings is 1. The van der Waals surface area contributed by atoms with Crippen LogP contribution in [0.25, 0.3) is 33.4 Å². The third-order valence-electron chi connectivity index (χ3n) is 18.4. The molecule has 7 atom stereocenters. The second kappa shape index (κ2) is 20.9. The Morgan fingerprint density at radius 1 is 0.987 bits per heavy atom. The van der Waals surface area contributed by atoms with Crippen LogP contribution in [0.15, 0.2) is 35.8 Å². The Balaban J connectivity index is 0.859. The molecular formula is C59H81N11O6S. The average molecular weight is 1070 g/mol. The lowest BCUT2D eigenvalue weighted by molar-refractivity contribution is -0.155. The van der Waals surface area contributed by atoms with E-state index in [1.165, 1.54) is 34.8 Å². The van der Waals surface area contributed by atoms with Gasteiger partial charge in [-0.2, -0.15) is 0 Å². The number of aryl methyl sites for hydroxylation is 1. The number of ether oxygens (including phenoxy) is 2. The molecule has 1 saturated carbocycles. The van der Waals surface area contributed by atoms with Gasteiger partial charge in [0.1, 0.15) is 18.1 Å². The van der Waals surface area contributed by atoms with Crippen LogP contribution in [0, 0.1) is 22.7 Å². The molecule has 6 bridgehead atoms. The fourth-order valence-corrected chi connectivity index (χ4v) is 14.9. The predicted molar refractivity (Wildman–Crippen MR) is 298 cm³/mol. The minimum absolute atomic E-state index is 0.0329. The van der Waals surface area contributed by atoms with E-state index in [1.54, 1.807) is 0 Å². The fourth-order valence-electron chi connectivity index (χ4n) is 14.0. The SMILES string of the molecule is CCn1c(-c2cc(N3CCN4CCOC[C@@H]4C3)cnc2C(C)C)c2c3cc(ccc31)-c1csc(n1)C[C@H](NC(=O)[C@H](C(C)C)N1CC[C@]3(CCN(C(=O)[C@@H]4N[C@@H]4C4CC4)C3)C1)C(=O)N1CCC[C@H](N1)C(=O)OCC(C)(C)C2. The minimum atomic E-state index is -0.945. The van der Waals surface area contributed by atoms with Crippen molar-refractivity contribution in [3.8, 4) is 22.5 Å². The summed E-state index contributed by atoms with van der Waals surface area (Å²) in [6.07, 6.45) is 8.28. The lowest BCUT2D eigenvalue weighted by Gasteiger charge is -2.44. The van der Waals surface area contributed by atoms with Crippen molar-refractivity contribution < 1.29 is 28.7 Å². The van der Waals surface area contributed by atoms with Crippen LogP contribution in [0.1, 0.15) is 109 Å². The highest BCUT2D eigenvalue weighted by Crippen LogP contribution is 2.46. The highest BCUT2D eigenvalue weighted by Gasteiger charge is 2.55. The van der Waals surface area contributed by atoms with Gasteiger partial charge in [-0.25, -0.2) is 10.4 Å². The van der Waals surface area contributed by atoms with Gasteiger partial charge in [-0.3, -0.25) is 44.3 Å². The van der Waals surface area contributed by atoms with E-state index in [0.29, 0.717) is 43.8 Å². The van der Waals surface area contributed by atoms with Crippen molar-refractivity contribution in [3.63, 3.8) is 0 Å². The van der Waals surface area contributed by atoms with Gasteiger partial charge >= 0.3 is 5.97 Å². The maximum absolute atomic E-state index is 14.9. The molecule has 1 aliphatic carbocycles. The summed E-state index contributed by atoms with van der Waals surface area (Å²) in [5.74, 6) is 0.126. The standard InChI is InChI=1S/C59H81N11O6S/c1-8-69-47-14-13-38-24-41(47)43(53(69)42-25-39(28-60-49(42)35(2)3)66-21-20-65-22-23-75-30-40(65)29-66)27-58(6,7)34-76-57(74)44-10-9-17-70(64-44)55(72)45(26-48-61-46(38)31-77-48)62-54(71)52(36(4)5)67-18-15-59(32-67)16-19-68(33-59)56(73)51-50(63-51)37-11-12-37/h13-14,24-25,28,31,35-37,40,44-45,50-52,63-64H,8-12,15-23,26-27,29-30,32-34H2,1-7H3,(H,62,71)/t40-,44-,45-,50+,51+,52-,59-/m0/s1. The number of esters is 1. The molecule has 6 saturated heterocycles. The fraction of sp³-hybridized carbons (Fsp3) is 0.661. The van der Waals surface area contributed by atoms with Gasteiger partial charge in [-0.15, -0.1) is 11.3 Å². The molecule has 8 aliphatic rings. The van der Waals surface area contributed by atoms with Crippen molar-refractivity contribution in [1.29, 1.82) is 0 Å². The van der Waals surface area contributed by atoms with Crippen LogP contribution in [0.2, 0.25) is 0 Å². The van der Waals surface area contributed by atoms with Gasteiger partial charge in [-0.05, 0) is 99.9 Å². The van der Waals surface area contributed by atoms with E-state index in [4.69, 9.17) is 19.4 Å². The van der Waals surface area contributed by atoms with Gasteiger partial charge in [0.15, 0.2) is 0 Å². The van der Waals surface area contributed by atoms with E-state index in [1.807, 2.05) is 0 Å². The summed E-state index contributed by atoms with van der Waals surface area (Å²) < 4.78 is 14.7. The van der Waals surface area contributed by atoms with Crippen molar-refractivity contribution in [2.24, 2.45) is 22.7 Å². The molecule has 18 heteroatoms. The minimum Gasteiger partial charge on any atom is -0.464 e. The van der Waals surface area contributed by atoms with Crippen molar-refractivity contribution in [2.75, 3.05) is 83.6 Å². The number of benzene rings is 1. The van der Waals surface area contributed by atoms with E-state index >= 15 is 0 Å². The third kappa shape index (κ3) is 10.4. The number of thiazole rings is 1. The summed E-state index contributed by atoms with van der Waals surface area (Å²) in [7, 11) is 0. The molecule has 414 valence electrons. The zero-order chi connectivity index (χ0) is 53.5. The summed E-state index contributed by atoms with van der Waals surface area (Å²) in [5.41, 5.74) is 11.2. The Kier molecular flexibility index (Phi) is 14.3. The second-order valence-corrected chi connectivity index (χ2v) is 26.3. The van der Waals surface area contributed by atoms with Crippen LogP contribution >= 0.6 is 11.3 Å². The number of fused-ring (bicyclic) bond motifs is 7. The quantitative estimate of drug-likeness (QED) is 0.128. The molecule has 77 heavy (non-hydrogen) atoms. The van der Waals surface area contributed by atoms with Crippen molar-refractivity contribution >= 4 is 51.6 Å². The first-order valence-electron chi connectivity index (χ1n) is 29.1. The first-order valence-corrected chi connectivity index (χ1v) is 29.9. The monoisotopic (exact) mass is 1070 g/mol. The largest absolute Gasteiger partial charge is 0.464 e. The van der Waals surface area contributed by atoms with Crippen LogP contribution in [0.5, 0.6) is 0 Å². The van der Waals surface area contributed by atoms with Crippen LogP contribution < -0.4 is 21.0 Å². The molecule has 0 unspecified atom stereocenters. The third-order valence-corrected chi connectivity index (χ3v) is 19.2. The topological polar surface area (TPSA) is 180 Å². The number of likely N-dealkylation sites (tertiary alicyclic amines) is 2. The number of aromatic nitrogens is 3. The summed E-state index contributed by atoms with van der Waals surface area (Å²) in [4.78, 5) is 77.5. The van der Waals surface area contributed by atoms with Gasteiger partial charge in [0.2, 0.25) is 11.8 Å². The number of carbonyl (C=O) groups is 4.